The molecule has 1 aliphatic rings. The van der Waals surface area contributed by atoms with E-state index in [1.807, 2.05) is 12.3 Å². The van der Waals surface area contributed by atoms with Gasteiger partial charge in [-0.25, -0.2) is 0 Å². The number of hydrogen-bond donors (Lipinski definition) is 1. The second-order valence-corrected chi connectivity index (χ2v) is 5.68. The lowest BCUT2D eigenvalue weighted by Crippen LogP contribution is -2.14. The van der Waals surface area contributed by atoms with Crippen LogP contribution in [0.5, 0.6) is 0 Å². The predicted octanol–water partition coefficient (Wildman–Crippen LogP) is 3.31. The van der Waals surface area contributed by atoms with Gasteiger partial charge in [-0.15, -0.1) is 11.3 Å². The van der Waals surface area contributed by atoms with Crippen molar-refractivity contribution in [2.45, 2.75) is 38.6 Å². The first kappa shape index (κ1) is 12.0. The molecule has 0 atom stereocenters. The molecule has 0 radical (unpaired) electrons. The van der Waals surface area contributed by atoms with Gasteiger partial charge < -0.3 is 14.5 Å². The average Bonchev–Trinajstić information content (AvgIpc) is 2.89. The third-order valence-corrected chi connectivity index (χ3v) is 3.80. The minimum absolute atomic E-state index is 0.543. The number of hydrogen-bond acceptors (Lipinski definition) is 4. The zero-order valence-corrected chi connectivity index (χ0v) is 11.0. The summed E-state index contributed by atoms with van der Waals surface area (Å²) in [5, 5.41) is 5.53. The van der Waals surface area contributed by atoms with Crippen LogP contribution in [0.25, 0.3) is 0 Å². The van der Waals surface area contributed by atoms with Crippen LogP contribution in [0.3, 0.4) is 0 Å². The summed E-state index contributed by atoms with van der Waals surface area (Å²) in [5.74, 6) is 0.902. The van der Waals surface area contributed by atoms with Crippen molar-refractivity contribution in [3.63, 3.8) is 0 Å². The highest BCUT2D eigenvalue weighted by molar-refractivity contribution is 7.09. The fourth-order valence-corrected chi connectivity index (χ4v) is 2.43. The molecule has 0 amide bonds. The van der Waals surface area contributed by atoms with E-state index in [4.69, 9.17) is 9.15 Å². The maximum atomic E-state index is 5.61. The average molecular weight is 263 g/mol. The molecule has 2 heterocycles. The predicted molar refractivity (Wildman–Crippen MR) is 71.4 cm³/mol. The normalized spacial score (nSPS) is 15.1. The van der Waals surface area contributed by atoms with Crippen molar-refractivity contribution < 1.29 is 9.15 Å². The molecule has 1 saturated carbocycles. The summed E-state index contributed by atoms with van der Waals surface area (Å²) < 4.78 is 11.1. The SMILES string of the molecule is c1csc(COCc2cc(CNC3CC3)co2)c1. The lowest BCUT2D eigenvalue weighted by molar-refractivity contribution is 0.0948. The van der Waals surface area contributed by atoms with Crippen molar-refractivity contribution in [3.8, 4) is 0 Å². The van der Waals surface area contributed by atoms with Gasteiger partial charge >= 0.3 is 0 Å². The molecule has 18 heavy (non-hydrogen) atoms. The number of thiophene rings is 1. The number of furan rings is 1. The molecular weight excluding hydrogens is 246 g/mol. The standard InChI is InChI=1S/C14H17NO2S/c1-2-14(18-5-1)10-16-9-13-6-11(8-17-13)7-15-12-3-4-12/h1-2,5-6,8,12,15H,3-4,7,9-10H2. The van der Waals surface area contributed by atoms with Crippen molar-refractivity contribution in [2.24, 2.45) is 0 Å². The van der Waals surface area contributed by atoms with Gasteiger partial charge in [0.1, 0.15) is 12.4 Å². The van der Waals surface area contributed by atoms with Gasteiger partial charge in [0.25, 0.3) is 0 Å². The topological polar surface area (TPSA) is 34.4 Å². The van der Waals surface area contributed by atoms with Crippen LogP contribution in [-0.2, 0) is 24.5 Å². The van der Waals surface area contributed by atoms with Crippen molar-refractivity contribution in [1.29, 1.82) is 0 Å². The fraction of sp³-hybridized carbons (Fsp3) is 0.429. The Morgan fingerprint density at radius 2 is 2.33 bits per heavy atom. The van der Waals surface area contributed by atoms with Crippen LogP contribution < -0.4 is 5.32 Å². The molecule has 0 aromatic carbocycles. The smallest absolute Gasteiger partial charge is 0.129 e. The molecule has 1 aliphatic carbocycles. The number of ether oxygens (including phenoxy) is 1. The van der Waals surface area contributed by atoms with Crippen molar-refractivity contribution >= 4 is 11.3 Å². The van der Waals surface area contributed by atoms with Gasteiger partial charge in [-0.3, -0.25) is 0 Å². The molecule has 3 rings (SSSR count). The molecule has 0 spiro atoms. The molecule has 96 valence electrons. The maximum absolute atomic E-state index is 5.61. The van der Waals surface area contributed by atoms with E-state index < -0.39 is 0 Å². The first-order valence-electron chi connectivity index (χ1n) is 6.30. The Labute approximate surface area is 111 Å². The summed E-state index contributed by atoms with van der Waals surface area (Å²) in [6.07, 6.45) is 4.45. The molecular formula is C14H17NO2S. The van der Waals surface area contributed by atoms with Crippen molar-refractivity contribution in [1.82, 2.24) is 5.32 Å². The van der Waals surface area contributed by atoms with Crippen LogP contribution in [0.2, 0.25) is 0 Å². The molecule has 0 aliphatic heterocycles. The number of nitrogens with one attached hydrogen (secondary N) is 1. The highest BCUT2D eigenvalue weighted by atomic mass is 32.1. The first-order valence-corrected chi connectivity index (χ1v) is 7.18. The highest BCUT2D eigenvalue weighted by Gasteiger charge is 2.20. The molecule has 1 fully saturated rings. The van der Waals surface area contributed by atoms with Gasteiger partial charge in [0.15, 0.2) is 0 Å². The molecule has 0 bridgehead atoms. The van der Waals surface area contributed by atoms with Crippen LogP contribution in [0.4, 0.5) is 0 Å². The second kappa shape index (κ2) is 5.69. The summed E-state index contributed by atoms with van der Waals surface area (Å²) in [5.41, 5.74) is 1.21. The molecule has 0 saturated heterocycles. The summed E-state index contributed by atoms with van der Waals surface area (Å²) in [4.78, 5) is 1.25. The van der Waals surface area contributed by atoms with Gasteiger partial charge in [-0.1, -0.05) is 6.07 Å². The number of rotatable bonds is 7. The van der Waals surface area contributed by atoms with Crippen LogP contribution in [0.1, 0.15) is 29.0 Å². The van der Waals surface area contributed by atoms with Crippen LogP contribution in [-0.4, -0.2) is 6.04 Å². The van der Waals surface area contributed by atoms with Gasteiger partial charge in [-0.05, 0) is 30.4 Å². The monoisotopic (exact) mass is 263 g/mol. The third kappa shape index (κ3) is 3.45. The molecule has 1 N–H and O–H groups in total. The summed E-state index contributed by atoms with van der Waals surface area (Å²) in [7, 11) is 0. The third-order valence-electron chi connectivity index (χ3n) is 2.95. The van der Waals surface area contributed by atoms with E-state index in [0.29, 0.717) is 13.2 Å². The Morgan fingerprint density at radius 3 is 3.11 bits per heavy atom. The van der Waals surface area contributed by atoms with E-state index in [-0.39, 0.29) is 0 Å². The van der Waals surface area contributed by atoms with Crippen LogP contribution in [0, 0.1) is 0 Å². The summed E-state index contributed by atoms with van der Waals surface area (Å²) in [6, 6.07) is 6.93. The van der Waals surface area contributed by atoms with Gasteiger partial charge in [-0.2, -0.15) is 0 Å². The van der Waals surface area contributed by atoms with E-state index in [1.165, 1.54) is 23.3 Å². The molecule has 2 aromatic rings. The van der Waals surface area contributed by atoms with Gasteiger partial charge in [0, 0.05) is 23.0 Å². The Bertz CT molecular complexity index is 474. The summed E-state index contributed by atoms with van der Waals surface area (Å²) in [6.45, 7) is 2.11. The summed E-state index contributed by atoms with van der Waals surface area (Å²) >= 11 is 1.72. The van der Waals surface area contributed by atoms with Crippen molar-refractivity contribution in [2.75, 3.05) is 0 Å². The van der Waals surface area contributed by atoms with E-state index in [0.717, 1.165) is 18.3 Å². The lowest BCUT2D eigenvalue weighted by Gasteiger charge is -1.99. The van der Waals surface area contributed by atoms with Gasteiger partial charge in [0.05, 0.1) is 12.9 Å². The fourth-order valence-electron chi connectivity index (χ4n) is 1.79. The lowest BCUT2D eigenvalue weighted by atomic mass is 10.3. The Hall–Kier alpha value is -1.10. The molecule has 3 nitrogen and oxygen atoms in total. The Kier molecular flexibility index (Phi) is 3.78. The van der Waals surface area contributed by atoms with E-state index in [9.17, 15) is 0 Å². The van der Waals surface area contributed by atoms with Crippen LogP contribution in [0.15, 0.2) is 34.3 Å². The first-order chi connectivity index (χ1) is 8.90. The highest BCUT2D eigenvalue weighted by Crippen LogP contribution is 2.20. The zero-order valence-electron chi connectivity index (χ0n) is 10.2. The largest absolute Gasteiger partial charge is 0.467 e. The van der Waals surface area contributed by atoms with Crippen molar-refractivity contribution in [3.05, 3.63) is 46.0 Å². The zero-order chi connectivity index (χ0) is 12.2. The van der Waals surface area contributed by atoms with E-state index in [2.05, 4.69) is 22.8 Å². The minimum atomic E-state index is 0.543. The minimum Gasteiger partial charge on any atom is -0.467 e. The quantitative estimate of drug-likeness (QED) is 0.832. The van der Waals surface area contributed by atoms with Crippen LogP contribution >= 0.6 is 11.3 Å². The molecule has 0 unspecified atom stereocenters. The Morgan fingerprint density at radius 1 is 1.39 bits per heavy atom. The molecule has 4 heteroatoms. The maximum Gasteiger partial charge on any atom is 0.129 e. The second-order valence-electron chi connectivity index (χ2n) is 4.65. The van der Waals surface area contributed by atoms with Gasteiger partial charge in [0.2, 0.25) is 0 Å². The molecule has 2 aromatic heterocycles. The van der Waals surface area contributed by atoms with E-state index in [1.54, 1.807) is 11.3 Å². The van der Waals surface area contributed by atoms with E-state index >= 15 is 0 Å². The Balaban J connectivity index is 1.41.